The van der Waals surface area contributed by atoms with Gasteiger partial charge < -0.3 is 9.64 Å². The van der Waals surface area contributed by atoms with E-state index in [1.165, 1.54) is 6.07 Å². The van der Waals surface area contributed by atoms with E-state index >= 15 is 0 Å². The molecule has 1 aromatic carbocycles. The molecule has 0 N–H and O–H groups in total. The third-order valence-electron chi connectivity index (χ3n) is 3.79. The van der Waals surface area contributed by atoms with E-state index in [-0.39, 0.29) is 18.3 Å². The number of hydrogen-bond donors (Lipinski definition) is 0. The van der Waals surface area contributed by atoms with Crippen LogP contribution in [0.2, 0.25) is 0 Å². The average Bonchev–Trinajstić information content (AvgIpc) is 2.85. The number of carbonyl (C=O) groups is 1. The van der Waals surface area contributed by atoms with E-state index in [1.54, 1.807) is 29.3 Å². The summed E-state index contributed by atoms with van der Waals surface area (Å²) in [7, 11) is 0. The SMILES string of the molecule is CC(C)COc1cc(Br)cc(F)c1CN1Cc2ncccc2C1=O. The highest BCUT2D eigenvalue weighted by Crippen LogP contribution is 2.31. The normalized spacial score (nSPS) is 13.5. The van der Waals surface area contributed by atoms with Crippen molar-refractivity contribution < 1.29 is 13.9 Å². The molecule has 0 spiro atoms. The minimum absolute atomic E-state index is 0.129. The summed E-state index contributed by atoms with van der Waals surface area (Å²) < 4.78 is 20.9. The number of hydrogen-bond acceptors (Lipinski definition) is 3. The highest BCUT2D eigenvalue weighted by molar-refractivity contribution is 9.10. The zero-order chi connectivity index (χ0) is 17.3. The number of aromatic nitrogens is 1. The lowest BCUT2D eigenvalue weighted by Gasteiger charge is -2.20. The van der Waals surface area contributed by atoms with Gasteiger partial charge in [-0.3, -0.25) is 9.78 Å². The van der Waals surface area contributed by atoms with Crippen molar-refractivity contribution in [3.63, 3.8) is 0 Å². The molecule has 1 aliphatic heterocycles. The summed E-state index contributed by atoms with van der Waals surface area (Å²) in [4.78, 5) is 18.3. The second-order valence-corrected chi connectivity index (χ2v) is 7.14. The van der Waals surface area contributed by atoms with Crippen molar-refractivity contribution in [2.45, 2.75) is 26.9 Å². The van der Waals surface area contributed by atoms with E-state index in [2.05, 4.69) is 20.9 Å². The molecule has 0 atom stereocenters. The molecule has 1 aliphatic rings. The maximum Gasteiger partial charge on any atom is 0.256 e. The summed E-state index contributed by atoms with van der Waals surface area (Å²) in [5, 5.41) is 0. The summed E-state index contributed by atoms with van der Waals surface area (Å²) in [6.45, 7) is 5.08. The fourth-order valence-corrected chi connectivity index (χ4v) is 3.03. The van der Waals surface area contributed by atoms with Crippen LogP contribution in [-0.2, 0) is 13.1 Å². The van der Waals surface area contributed by atoms with E-state index < -0.39 is 0 Å². The highest BCUT2D eigenvalue weighted by atomic mass is 79.9. The second-order valence-electron chi connectivity index (χ2n) is 6.23. The zero-order valence-electron chi connectivity index (χ0n) is 13.6. The molecule has 0 aliphatic carbocycles. The summed E-state index contributed by atoms with van der Waals surface area (Å²) in [5.74, 6) is 0.268. The number of amides is 1. The molecule has 2 aromatic rings. The van der Waals surface area contributed by atoms with Crippen molar-refractivity contribution in [2.75, 3.05) is 6.61 Å². The minimum Gasteiger partial charge on any atom is -0.493 e. The lowest BCUT2D eigenvalue weighted by Crippen LogP contribution is -2.24. The quantitative estimate of drug-likeness (QED) is 0.766. The van der Waals surface area contributed by atoms with Crippen molar-refractivity contribution in [1.29, 1.82) is 0 Å². The molecule has 4 nitrogen and oxygen atoms in total. The van der Waals surface area contributed by atoms with Crippen LogP contribution < -0.4 is 4.74 Å². The zero-order valence-corrected chi connectivity index (χ0v) is 15.1. The van der Waals surface area contributed by atoms with Crippen molar-refractivity contribution in [3.8, 4) is 5.75 Å². The third kappa shape index (κ3) is 3.43. The van der Waals surface area contributed by atoms with Gasteiger partial charge in [-0.2, -0.15) is 0 Å². The summed E-state index contributed by atoms with van der Waals surface area (Å²) >= 11 is 3.29. The molecule has 2 heterocycles. The Balaban J connectivity index is 1.86. The molecule has 0 radical (unpaired) electrons. The van der Waals surface area contributed by atoms with Crippen molar-refractivity contribution in [1.82, 2.24) is 9.88 Å². The number of benzene rings is 1. The van der Waals surface area contributed by atoms with Crippen LogP contribution in [0.3, 0.4) is 0 Å². The van der Waals surface area contributed by atoms with E-state index in [1.807, 2.05) is 13.8 Å². The Morgan fingerprint density at radius 2 is 2.21 bits per heavy atom. The number of ether oxygens (including phenoxy) is 1. The summed E-state index contributed by atoms with van der Waals surface area (Å²) in [5.41, 5.74) is 1.70. The monoisotopic (exact) mass is 392 g/mol. The first kappa shape index (κ1) is 16.9. The van der Waals surface area contributed by atoms with Gasteiger partial charge >= 0.3 is 0 Å². The Hall–Kier alpha value is -1.95. The van der Waals surface area contributed by atoms with Gasteiger partial charge in [0.25, 0.3) is 5.91 Å². The van der Waals surface area contributed by atoms with Gasteiger partial charge in [0.15, 0.2) is 0 Å². The Bertz CT molecular complexity index is 780. The van der Waals surface area contributed by atoms with Crippen LogP contribution in [0.15, 0.2) is 34.9 Å². The number of carbonyl (C=O) groups excluding carboxylic acids is 1. The van der Waals surface area contributed by atoms with Gasteiger partial charge in [-0.05, 0) is 30.2 Å². The molecule has 6 heteroatoms. The number of fused-ring (bicyclic) bond motifs is 1. The van der Waals surface area contributed by atoms with Gasteiger partial charge in [-0.15, -0.1) is 0 Å². The van der Waals surface area contributed by atoms with Crippen LogP contribution >= 0.6 is 15.9 Å². The molecule has 0 fully saturated rings. The highest BCUT2D eigenvalue weighted by Gasteiger charge is 2.29. The topological polar surface area (TPSA) is 42.4 Å². The molecule has 126 valence electrons. The Morgan fingerprint density at radius 3 is 2.92 bits per heavy atom. The standard InChI is InChI=1S/C18H18BrFN2O2/c1-11(2)10-24-17-7-12(19)6-15(20)14(17)8-22-9-16-13(18(22)23)4-3-5-21-16/h3-7,11H,8-10H2,1-2H3. The number of halogens is 2. The summed E-state index contributed by atoms with van der Waals surface area (Å²) in [6.07, 6.45) is 1.66. The average molecular weight is 393 g/mol. The third-order valence-corrected chi connectivity index (χ3v) is 4.25. The maximum absolute atomic E-state index is 14.5. The molecule has 0 unspecified atom stereocenters. The van der Waals surface area contributed by atoms with E-state index in [9.17, 15) is 9.18 Å². The molecule has 1 aromatic heterocycles. The number of pyridine rings is 1. The lowest BCUT2D eigenvalue weighted by atomic mass is 10.1. The molecule has 0 saturated carbocycles. The van der Waals surface area contributed by atoms with Crippen LogP contribution in [0.4, 0.5) is 4.39 Å². The van der Waals surface area contributed by atoms with E-state index in [4.69, 9.17) is 4.74 Å². The Morgan fingerprint density at radius 1 is 1.42 bits per heavy atom. The van der Waals surface area contributed by atoms with Gasteiger partial charge in [0.05, 0.1) is 31.0 Å². The smallest absolute Gasteiger partial charge is 0.256 e. The first-order valence-electron chi connectivity index (χ1n) is 7.79. The van der Waals surface area contributed by atoms with Gasteiger partial charge in [0, 0.05) is 16.2 Å². The molecule has 24 heavy (non-hydrogen) atoms. The van der Waals surface area contributed by atoms with Crippen LogP contribution in [0.5, 0.6) is 5.75 Å². The van der Waals surface area contributed by atoms with Gasteiger partial charge in [0.1, 0.15) is 11.6 Å². The maximum atomic E-state index is 14.5. The van der Waals surface area contributed by atoms with Gasteiger partial charge in [0.2, 0.25) is 0 Å². The number of nitrogens with zero attached hydrogens (tertiary/aromatic N) is 2. The molecule has 0 bridgehead atoms. The first-order valence-corrected chi connectivity index (χ1v) is 8.59. The molecule has 3 rings (SSSR count). The van der Waals surface area contributed by atoms with Crippen molar-refractivity contribution >= 4 is 21.8 Å². The van der Waals surface area contributed by atoms with E-state index in [0.29, 0.717) is 40.4 Å². The minimum atomic E-state index is -0.389. The predicted molar refractivity (Wildman–Crippen MR) is 92.2 cm³/mol. The molecule has 1 amide bonds. The fraction of sp³-hybridized carbons (Fsp3) is 0.333. The second kappa shape index (κ2) is 6.89. The largest absolute Gasteiger partial charge is 0.493 e. The van der Waals surface area contributed by atoms with Crippen molar-refractivity contribution in [2.24, 2.45) is 5.92 Å². The van der Waals surface area contributed by atoms with Crippen LogP contribution in [0.1, 0.15) is 35.5 Å². The van der Waals surface area contributed by atoms with Crippen molar-refractivity contribution in [3.05, 3.63) is 57.6 Å². The van der Waals surface area contributed by atoms with Crippen LogP contribution in [0.25, 0.3) is 0 Å². The first-order chi connectivity index (χ1) is 11.5. The number of rotatable bonds is 5. The molecule has 0 saturated heterocycles. The predicted octanol–water partition coefficient (Wildman–Crippen LogP) is 4.17. The Labute approximate surface area is 148 Å². The van der Waals surface area contributed by atoms with Crippen LogP contribution in [0, 0.1) is 11.7 Å². The fourth-order valence-electron chi connectivity index (χ4n) is 2.62. The summed E-state index contributed by atoms with van der Waals surface area (Å²) in [6, 6.07) is 6.62. The Kier molecular flexibility index (Phi) is 4.85. The van der Waals surface area contributed by atoms with Crippen LogP contribution in [-0.4, -0.2) is 22.4 Å². The molecular formula is C18H18BrFN2O2. The van der Waals surface area contributed by atoms with Gasteiger partial charge in [-0.1, -0.05) is 29.8 Å². The van der Waals surface area contributed by atoms with Gasteiger partial charge in [-0.25, -0.2) is 4.39 Å². The lowest BCUT2D eigenvalue weighted by molar-refractivity contribution is 0.0763. The van der Waals surface area contributed by atoms with E-state index in [0.717, 1.165) is 5.69 Å². The molecular weight excluding hydrogens is 375 g/mol.